The molecule has 1 aromatic rings. The number of rotatable bonds is 3. The summed E-state index contributed by atoms with van der Waals surface area (Å²) < 4.78 is 0. The summed E-state index contributed by atoms with van der Waals surface area (Å²) in [7, 11) is 0. The highest BCUT2D eigenvalue weighted by atomic mass is 16.6. The Bertz CT molecular complexity index is 501. The first-order valence-electron chi connectivity index (χ1n) is 6.41. The van der Waals surface area contributed by atoms with Gasteiger partial charge in [-0.3, -0.25) is 14.9 Å². The molecular formula is C14H18N2O3. The van der Waals surface area contributed by atoms with E-state index in [4.69, 9.17) is 0 Å². The fraction of sp³-hybridized carbons (Fsp3) is 0.500. The number of nitrogens with zero attached hydrogens (tertiary/aromatic N) is 2. The van der Waals surface area contributed by atoms with Gasteiger partial charge in [0.2, 0.25) is 0 Å². The van der Waals surface area contributed by atoms with Crippen molar-refractivity contribution in [1.82, 2.24) is 0 Å². The lowest BCUT2D eigenvalue weighted by Crippen LogP contribution is -2.37. The summed E-state index contributed by atoms with van der Waals surface area (Å²) in [5, 5.41) is 11.1. The van der Waals surface area contributed by atoms with E-state index in [1.807, 2.05) is 4.90 Å². The Morgan fingerprint density at radius 1 is 1.32 bits per heavy atom. The Balaban J connectivity index is 2.30. The van der Waals surface area contributed by atoms with Crippen LogP contribution in [0.1, 0.15) is 37.0 Å². The van der Waals surface area contributed by atoms with Crippen molar-refractivity contribution in [3.8, 4) is 0 Å². The van der Waals surface area contributed by atoms with Crippen molar-refractivity contribution in [3.63, 3.8) is 0 Å². The van der Waals surface area contributed by atoms with Crippen molar-refractivity contribution < 1.29 is 9.72 Å². The molecule has 5 nitrogen and oxygen atoms in total. The van der Waals surface area contributed by atoms with Gasteiger partial charge in [-0.25, -0.2) is 0 Å². The highest BCUT2D eigenvalue weighted by Gasteiger charge is 2.28. The first-order chi connectivity index (χ1) is 8.93. The second kappa shape index (κ2) is 4.99. The number of carbonyl (C=O) groups is 1. The SMILES string of the molecule is CC1(C)CCN(c2ccc(C=O)cc2[N+](=O)[O-])CC1. The number of aldehydes is 1. The first-order valence-corrected chi connectivity index (χ1v) is 6.41. The predicted molar refractivity (Wildman–Crippen MR) is 73.7 cm³/mol. The van der Waals surface area contributed by atoms with Gasteiger partial charge < -0.3 is 4.90 Å². The van der Waals surface area contributed by atoms with Gasteiger partial charge in [-0.15, -0.1) is 0 Å². The third kappa shape index (κ3) is 2.92. The average molecular weight is 262 g/mol. The van der Waals surface area contributed by atoms with Crippen LogP contribution in [0.15, 0.2) is 18.2 Å². The van der Waals surface area contributed by atoms with E-state index in [2.05, 4.69) is 13.8 Å². The standard InChI is InChI=1S/C14H18N2O3/c1-14(2)5-7-15(8-6-14)12-4-3-11(10-17)9-13(12)16(18)19/h3-4,9-10H,5-8H2,1-2H3. The van der Waals surface area contributed by atoms with Crippen LogP contribution in [0.25, 0.3) is 0 Å². The van der Waals surface area contributed by atoms with Crippen molar-refractivity contribution in [2.45, 2.75) is 26.7 Å². The van der Waals surface area contributed by atoms with E-state index in [1.54, 1.807) is 12.1 Å². The molecule has 0 aromatic heterocycles. The van der Waals surface area contributed by atoms with E-state index in [0.29, 0.717) is 23.0 Å². The van der Waals surface area contributed by atoms with Crippen LogP contribution in [0, 0.1) is 15.5 Å². The summed E-state index contributed by atoms with van der Waals surface area (Å²) >= 11 is 0. The van der Waals surface area contributed by atoms with Crippen LogP contribution in [-0.2, 0) is 0 Å². The number of benzene rings is 1. The molecule has 1 aliphatic rings. The fourth-order valence-electron chi connectivity index (χ4n) is 2.38. The molecule has 0 aliphatic carbocycles. The van der Waals surface area contributed by atoms with Crippen molar-refractivity contribution in [1.29, 1.82) is 0 Å². The minimum Gasteiger partial charge on any atom is -0.366 e. The summed E-state index contributed by atoms with van der Waals surface area (Å²) in [6, 6.07) is 4.66. The maximum absolute atomic E-state index is 11.1. The molecule has 102 valence electrons. The van der Waals surface area contributed by atoms with Crippen LogP contribution in [0.4, 0.5) is 11.4 Å². The Morgan fingerprint density at radius 3 is 2.47 bits per heavy atom. The quantitative estimate of drug-likeness (QED) is 0.477. The maximum Gasteiger partial charge on any atom is 0.293 e. The molecule has 0 amide bonds. The molecule has 19 heavy (non-hydrogen) atoms. The van der Waals surface area contributed by atoms with Gasteiger partial charge in [0.25, 0.3) is 5.69 Å². The van der Waals surface area contributed by atoms with Crippen molar-refractivity contribution in [2.75, 3.05) is 18.0 Å². The fourth-order valence-corrected chi connectivity index (χ4v) is 2.38. The van der Waals surface area contributed by atoms with Crippen LogP contribution >= 0.6 is 0 Å². The normalized spacial score (nSPS) is 18.1. The Hall–Kier alpha value is -1.91. The molecule has 0 bridgehead atoms. The van der Waals surface area contributed by atoms with E-state index in [1.165, 1.54) is 6.07 Å². The number of hydrogen-bond acceptors (Lipinski definition) is 4. The largest absolute Gasteiger partial charge is 0.366 e. The van der Waals surface area contributed by atoms with Gasteiger partial charge in [-0.2, -0.15) is 0 Å². The number of carbonyl (C=O) groups excluding carboxylic acids is 1. The van der Waals surface area contributed by atoms with Crippen LogP contribution in [0.5, 0.6) is 0 Å². The van der Waals surface area contributed by atoms with Crippen LogP contribution in [0.2, 0.25) is 0 Å². The van der Waals surface area contributed by atoms with Crippen molar-refractivity contribution in [2.24, 2.45) is 5.41 Å². The number of anilines is 1. The predicted octanol–water partition coefficient (Wildman–Crippen LogP) is 3.03. The third-order valence-electron chi connectivity index (χ3n) is 3.79. The zero-order chi connectivity index (χ0) is 14.0. The Kier molecular flexibility index (Phi) is 3.55. The molecular weight excluding hydrogens is 244 g/mol. The lowest BCUT2D eigenvalue weighted by Gasteiger charge is -2.37. The van der Waals surface area contributed by atoms with E-state index < -0.39 is 4.92 Å². The Labute approximate surface area is 112 Å². The zero-order valence-corrected chi connectivity index (χ0v) is 11.3. The highest BCUT2D eigenvalue weighted by molar-refractivity contribution is 5.79. The zero-order valence-electron chi connectivity index (χ0n) is 11.3. The minimum atomic E-state index is -0.415. The molecule has 1 fully saturated rings. The van der Waals surface area contributed by atoms with Crippen LogP contribution in [0.3, 0.4) is 0 Å². The topological polar surface area (TPSA) is 63.5 Å². The van der Waals surface area contributed by atoms with Gasteiger partial charge in [0.05, 0.1) is 4.92 Å². The molecule has 0 atom stereocenters. The van der Waals surface area contributed by atoms with Gasteiger partial charge in [0.15, 0.2) is 0 Å². The lowest BCUT2D eigenvalue weighted by molar-refractivity contribution is -0.384. The molecule has 1 saturated heterocycles. The van der Waals surface area contributed by atoms with Crippen molar-refractivity contribution in [3.05, 3.63) is 33.9 Å². The molecule has 0 saturated carbocycles. The maximum atomic E-state index is 11.1. The summed E-state index contributed by atoms with van der Waals surface area (Å²) in [6.45, 7) is 6.06. The first kappa shape index (κ1) is 13.5. The monoisotopic (exact) mass is 262 g/mol. The molecule has 0 N–H and O–H groups in total. The molecule has 5 heteroatoms. The summed E-state index contributed by atoms with van der Waals surface area (Å²) in [5.74, 6) is 0. The van der Waals surface area contributed by atoms with Crippen LogP contribution in [-0.4, -0.2) is 24.3 Å². The van der Waals surface area contributed by atoms with E-state index >= 15 is 0 Å². The van der Waals surface area contributed by atoms with Gasteiger partial charge in [-0.1, -0.05) is 13.8 Å². The van der Waals surface area contributed by atoms with Crippen LogP contribution < -0.4 is 4.90 Å². The average Bonchev–Trinajstić information content (AvgIpc) is 2.38. The number of piperidine rings is 1. The molecule has 0 unspecified atom stereocenters. The third-order valence-corrected chi connectivity index (χ3v) is 3.79. The summed E-state index contributed by atoms with van der Waals surface area (Å²) in [6.07, 6.45) is 2.66. The highest BCUT2D eigenvalue weighted by Crippen LogP contribution is 2.36. The molecule has 1 aliphatic heterocycles. The van der Waals surface area contributed by atoms with Gasteiger partial charge in [-0.05, 0) is 30.4 Å². The van der Waals surface area contributed by atoms with Gasteiger partial charge in [0.1, 0.15) is 12.0 Å². The number of hydrogen-bond donors (Lipinski definition) is 0. The van der Waals surface area contributed by atoms with E-state index in [9.17, 15) is 14.9 Å². The Morgan fingerprint density at radius 2 is 1.95 bits per heavy atom. The molecule has 1 heterocycles. The van der Waals surface area contributed by atoms with Crippen molar-refractivity contribution >= 4 is 17.7 Å². The smallest absolute Gasteiger partial charge is 0.293 e. The molecule has 1 aromatic carbocycles. The molecule has 0 radical (unpaired) electrons. The lowest BCUT2D eigenvalue weighted by atomic mass is 9.82. The number of nitro benzene ring substituents is 1. The van der Waals surface area contributed by atoms with Gasteiger partial charge in [0, 0.05) is 24.7 Å². The molecule has 0 spiro atoms. The second-order valence-electron chi connectivity index (χ2n) is 5.77. The molecule has 2 rings (SSSR count). The second-order valence-corrected chi connectivity index (χ2v) is 5.77. The number of nitro groups is 1. The van der Waals surface area contributed by atoms with Gasteiger partial charge >= 0.3 is 0 Å². The summed E-state index contributed by atoms with van der Waals surface area (Å²) in [4.78, 5) is 23.5. The minimum absolute atomic E-state index is 0.0179. The van der Waals surface area contributed by atoms with E-state index in [-0.39, 0.29) is 5.69 Å². The van der Waals surface area contributed by atoms with E-state index in [0.717, 1.165) is 25.9 Å². The summed E-state index contributed by atoms with van der Waals surface area (Å²) in [5.41, 5.74) is 1.27.